The van der Waals surface area contributed by atoms with Gasteiger partial charge in [0.05, 0.1) is 13.0 Å². The lowest BCUT2D eigenvalue weighted by Crippen LogP contribution is -2.30. The fourth-order valence-electron chi connectivity index (χ4n) is 2.74. The van der Waals surface area contributed by atoms with Crippen LogP contribution in [0, 0.1) is 5.82 Å². The summed E-state index contributed by atoms with van der Waals surface area (Å²) in [6.07, 6.45) is 0.889. The molecule has 0 bridgehead atoms. The third-order valence-corrected chi connectivity index (χ3v) is 3.95. The number of benzene rings is 2. The molecule has 1 aliphatic rings. The van der Waals surface area contributed by atoms with Crippen molar-refractivity contribution in [2.75, 3.05) is 18.1 Å². The lowest BCUT2D eigenvalue weighted by molar-refractivity contribution is -0.119. The van der Waals surface area contributed by atoms with Crippen molar-refractivity contribution < 1.29 is 18.7 Å². The van der Waals surface area contributed by atoms with Crippen LogP contribution in [0.1, 0.15) is 22.3 Å². The average molecular weight is 328 g/mol. The van der Waals surface area contributed by atoms with Crippen molar-refractivity contribution in [3.05, 3.63) is 59.4 Å². The molecule has 0 fully saturated rings. The molecule has 2 aromatic carbocycles. The summed E-state index contributed by atoms with van der Waals surface area (Å²) in [5.74, 6) is -0.530. The van der Waals surface area contributed by atoms with Crippen molar-refractivity contribution in [2.24, 2.45) is 5.73 Å². The van der Waals surface area contributed by atoms with Crippen LogP contribution in [-0.4, -0.2) is 25.0 Å². The summed E-state index contributed by atoms with van der Waals surface area (Å²) in [6.45, 7) is 0.719. The van der Waals surface area contributed by atoms with E-state index in [4.69, 9.17) is 10.5 Å². The highest BCUT2D eigenvalue weighted by molar-refractivity contribution is 5.95. The normalized spacial score (nSPS) is 12.8. The largest absolute Gasteiger partial charge is 0.493 e. The van der Waals surface area contributed by atoms with Crippen LogP contribution in [0.25, 0.3) is 0 Å². The summed E-state index contributed by atoms with van der Waals surface area (Å²) in [5.41, 5.74) is 7.17. The molecular weight excluding hydrogens is 311 g/mol. The highest BCUT2D eigenvalue weighted by Gasteiger charge is 2.24. The first kappa shape index (κ1) is 16.0. The fourth-order valence-corrected chi connectivity index (χ4v) is 2.74. The summed E-state index contributed by atoms with van der Waals surface area (Å²) in [6, 6.07) is 11.0. The molecule has 0 saturated carbocycles. The minimum absolute atomic E-state index is 0.120. The molecule has 2 amide bonds. The number of carbonyl (C=O) groups excluding carboxylic acids is 2. The zero-order chi connectivity index (χ0) is 17.1. The van der Waals surface area contributed by atoms with E-state index in [2.05, 4.69) is 0 Å². The van der Waals surface area contributed by atoms with E-state index in [1.807, 2.05) is 0 Å². The van der Waals surface area contributed by atoms with Gasteiger partial charge < -0.3 is 15.4 Å². The van der Waals surface area contributed by atoms with Crippen molar-refractivity contribution in [1.29, 1.82) is 0 Å². The first-order valence-electron chi connectivity index (χ1n) is 7.66. The average Bonchev–Trinajstić information content (AvgIpc) is 2.98. The van der Waals surface area contributed by atoms with Crippen LogP contribution in [0.15, 0.2) is 42.5 Å². The van der Waals surface area contributed by atoms with Gasteiger partial charge in [-0.1, -0.05) is 12.1 Å². The minimum atomic E-state index is -0.535. The number of primary amides is 1. The van der Waals surface area contributed by atoms with Gasteiger partial charge in [0.25, 0.3) is 0 Å². The molecule has 0 saturated heterocycles. The predicted octanol–water partition coefficient (Wildman–Crippen LogP) is 2.28. The first-order valence-corrected chi connectivity index (χ1v) is 7.66. The molecule has 0 atom stereocenters. The van der Waals surface area contributed by atoms with Gasteiger partial charge in [0.2, 0.25) is 11.8 Å². The number of hydrogen-bond donors (Lipinski definition) is 1. The SMILES string of the molecule is NC(=O)c1cccc(OCCC(=O)N2CCc3ccc(F)cc32)c1. The van der Waals surface area contributed by atoms with E-state index < -0.39 is 5.91 Å². The topological polar surface area (TPSA) is 72.6 Å². The second kappa shape index (κ2) is 6.70. The Kier molecular flexibility index (Phi) is 4.46. The maximum absolute atomic E-state index is 13.4. The van der Waals surface area contributed by atoms with Gasteiger partial charge >= 0.3 is 0 Å². The highest BCUT2D eigenvalue weighted by Crippen LogP contribution is 2.29. The molecular formula is C18H17FN2O3. The number of rotatable bonds is 5. The molecule has 24 heavy (non-hydrogen) atoms. The zero-order valence-corrected chi connectivity index (χ0v) is 13.0. The van der Waals surface area contributed by atoms with E-state index in [1.54, 1.807) is 29.2 Å². The van der Waals surface area contributed by atoms with E-state index >= 15 is 0 Å². The molecule has 0 radical (unpaired) electrons. The lowest BCUT2D eigenvalue weighted by atomic mass is 10.2. The van der Waals surface area contributed by atoms with Crippen molar-refractivity contribution in [2.45, 2.75) is 12.8 Å². The van der Waals surface area contributed by atoms with Gasteiger partial charge in [-0.05, 0) is 42.3 Å². The van der Waals surface area contributed by atoms with Crippen LogP contribution < -0.4 is 15.4 Å². The summed E-state index contributed by atoms with van der Waals surface area (Å²) in [5, 5.41) is 0. The van der Waals surface area contributed by atoms with Gasteiger partial charge in [-0.15, -0.1) is 0 Å². The van der Waals surface area contributed by atoms with E-state index in [0.29, 0.717) is 23.5 Å². The standard InChI is InChI=1S/C18H17FN2O3/c19-14-5-4-12-6-8-21(16(12)11-14)17(22)7-9-24-15-3-1-2-13(10-15)18(20)23/h1-5,10-11H,6-9H2,(H2,20,23). The maximum Gasteiger partial charge on any atom is 0.248 e. The van der Waals surface area contributed by atoms with Gasteiger partial charge in [0, 0.05) is 17.8 Å². The smallest absolute Gasteiger partial charge is 0.248 e. The number of anilines is 1. The third-order valence-electron chi connectivity index (χ3n) is 3.95. The van der Waals surface area contributed by atoms with Crippen LogP contribution in [0.5, 0.6) is 5.75 Å². The maximum atomic E-state index is 13.4. The quantitative estimate of drug-likeness (QED) is 0.915. The summed E-state index contributed by atoms with van der Waals surface area (Å²) in [4.78, 5) is 25.0. The highest BCUT2D eigenvalue weighted by atomic mass is 19.1. The second-order valence-corrected chi connectivity index (χ2v) is 5.56. The van der Waals surface area contributed by atoms with Gasteiger partial charge in [-0.2, -0.15) is 0 Å². The van der Waals surface area contributed by atoms with E-state index in [9.17, 15) is 14.0 Å². The van der Waals surface area contributed by atoms with Gasteiger partial charge in [-0.25, -0.2) is 4.39 Å². The number of nitrogens with two attached hydrogens (primary N) is 1. The van der Waals surface area contributed by atoms with E-state index in [-0.39, 0.29) is 24.8 Å². The Morgan fingerprint density at radius 2 is 2.04 bits per heavy atom. The second-order valence-electron chi connectivity index (χ2n) is 5.56. The van der Waals surface area contributed by atoms with E-state index in [0.717, 1.165) is 12.0 Å². The van der Waals surface area contributed by atoms with Crippen molar-refractivity contribution in [3.8, 4) is 5.75 Å². The van der Waals surface area contributed by atoms with Crippen molar-refractivity contribution >= 4 is 17.5 Å². The molecule has 0 spiro atoms. The Labute approximate surface area is 138 Å². The number of halogens is 1. The Bertz CT molecular complexity index is 792. The molecule has 0 unspecified atom stereocenters. The van der Waals surface area contributed by atoms with Gasteiger partial charge in [-0.3, -0.25) is 9.59 Å². The van der Waals surface area contributed by atoms with E-state index in [1.165, 1.54) is 18.2 Å². The number of amides is 2. The van der Waals surface area contributed by atoms with Crippen LogP contribution in [-0.2, 0) is 11.2 Å². The lowest BCUT2D eigenvalue weighted by Gasteiger charge is -2.17. The molecule has 1 heterocycles. The van der Waals surface area contributed by atoms with Crippen LogP contribution in [0.3, 0.4) is 0 Å². The number of carbonyl (C=O) groups is 2. The molecule has 1 aliphatic heterocycles. The van der Waals surface area contributed by atoms with Crippen LogP contribution in [0.2, 0.25) is 0 Å². The number of ether oxygens (including phenoxy) is 1. The number of nitrogens with zero attached hydrogens (tertiary/aromatic N) is 1. The monoisotopic (exact) mass is 328 g/mol. The first-order chi connectivity index (χ1) is 11.5. The van der Waals surface area contributed by atoms with Gasteiger partial charge in [0.15, 0.2) is 0 Å². The zero-order valence-electron chi connectivity index (χ0n) is 13.0. The summed E-state index contributed by atoms with van der Waals surface area (Å²) < 4.78 is 18.9. The Hall–Kier alpha value is -2.89. The summed E-state index contributed by atoms with van der Waals surface area (Å²) >= 11 is 0. The number of hydrogen-bond acceptors (Lipinski definition) is 3. The Morgan fingerprint density at radius 3 is 2.83 bits per heavy atom. The molecule has 124 valence electrons. The van der Waals surface area contributed by atoms with Crippen LogP contribution >= 0.6 is 0 Å². The summed E-state index contributed by atoms with van der Waals surface area (Å²) in [7, 11) is 0. The predicted molar refractivity (Wildman–Crippen MR) is 87.5 cm³/mol. The van der Waals surface area contributed by atoms with Crippen LogP contribution in [0.4, 0.5) is 10.1 Å². The molecule has 2 aromatic rings. The minimum Gasteiger partial charge on any atom is -0.493 e. The van der Waals surface area contributed by atoms with Crippen molar-refractivity contribution in [1.82, 2.24) is 0 Å². The molecule has 0 aromatic heterocycles. The molecule has 5 nitrogen and oxygen atoms in total. The molecule has 6 heteroatoms. The molecule has 2 N–H and O–H groups in total. The third kappa shape index (κ3) is 3.37. The number of fused-ring (bicyclic) bond motifs is 1. The Balaban J connectivity index is 1.58. The molecule has 0 aliphatic carbocycles. The fraction of sp³-hybridized carbons (Fsp3) is 0.222. The van der Waals surface area contributed by atoms with Gasteiger partial charge in [0.1, 0.15) is 11.6 Å². The van der Waals surface area contributed by atoms with Crippen molar-refractivity contribution in [3.63, 3.8) is 0 Å². The molecule has 3 rings (SSSR count). The Morgan fingerprint density at radius 1 is 1.21 bits per heavy atom.